The molecule has 0 spiro atoms. The Balaban J connectivity index is 1.77. The van der Waals surface area contributed by atoms with Crippen LogP contribution in [0.25, 0.3) is 0 Å². The van der Waals surface area contributed by atoms with Crippen LogP contribution in [0.5, 0.6) is 0 Å². The van der Waals surface area contributed by atoms with E-state index < -0.39 is 0 Å². The molecule has 1 unspecified atom stereocenters. The van der Waals surface area contributed by atoms with Gasteiger partial charge in [0, 0.05) is 16.8 Å². The molecule has 1 aliphatic heterocycles. The molecule has 0 aliphatic carbocycles. The summed E-state index contributed by atoms with van der Waals surface area (Å²) < 4.78 is 0. The molecule has 3 rings (SSSR count). The summed E-state index contributed by atoms with van der Waals surface area (Å²) >= 11 is 5.87. The number of nitrogens with two attached hydrogens (primary N) is 1. The number of amides is 1. The van der Waals surface area contributed by atoms with Gasteiger partial charge in [-0.25, -0.2) is 0 Å². The van der Waals surface area contributed by atoms with Crippen LogP contribution in [-0.2, 0) is 17.6 Å². The zero-order valence-corrected chi connectivity index (χ0v) is 11.7. The fourth-order valence-corrected chi connectivity index (χ4v) is 2.60. The molecule has 0 saturated heterocycles. The Kier molecular flexibility index (Phi) is 3.47. The Morgan fingerprint density at radius 2 is 1.95 bits per heavy atom. The zero-order valence-electron chi connectivity index (χ0n) is 10.9. The summed E-state index contributed by atoms with van der Waals surface area (Å²) in [5.74, 6) is 0.0448. The van der Waals surface area contributed by atoms with Crippen molar-refractivity contribution in [3.8, 4) is 0 Å². The third kappa shape index (κ3) is 2.69. The predicted octanol–water partition coefficient (Wildman–Crippen LogP) is 3.08. The molecule has 4 heteroatoms. The second-order valence-electron chi connectivity index (χ2n) is 5.08. The van der Waals surface area contributed by atoms with E-state index in [1.165, 1.54) is 0 Å². The highest BCUT2D eigenvalue weighted by Gasteiger charge is 2.18. The highest BCUT2D eigenvalue weighted by molar-refractivity contribution is 6.30. The van der Waals surface area contributed by atoms with Crippen LogP contribution >= 0.6 is 11.6 Å². The average molecular weight is 287 g/mol. The van der Waals surface area contributed by atoms with E-state index in [1.807, 2.05) is 42.5 Å². The molecule has 0 fully saturated rings. The van der Waals surface area contributed by atoms with Gasteiger partial charge in [0.05, 0.1) is 6.42 Å². The first-order chi connectivity index (χ1) is 9.61. The lowest BCUT2D eigenvalue weighted by Crippen LogP contribution is -2.13. The number of nitrogens with one attached hydrogen (secondary N) is 1. The molecule has 1 amide bonds. The molecule has 1 atom stereocenters. The van der Waals surface area contributed by atoms with Crippen molar-refractivity contribution in [2.75, 3.05) is 5.32 Å². The van der Waals surface area contributed by atoms with Gasteiger partial charge in [0.2, 0.25) is 5.91 Å². The average Bonchev–Trinajstić information content (AvgIpc) is 2.80. The van der Waals surface area contributed by atoms with E-state index in [2.05, 4.69) is 5.32 Å². The van der Waals surface area contributed by atoms with Gasteiger partial charge in [-0.05, 0) is 41.3 Å². The molecule has 0 bridgehead atoms. The van der Waals surface area contributed by atoms with Crippen LogP contribution < -0.4 is 11.1 Å². The molecule has 2 aromatic carbocycles. The topological polar surface area (TPSA) is 55.1 Å². The normalized spacial score (nSPS) is 14.8. The maximum atomic E-state index is 11.3. The van der Waals surface area contributed by atoms with Crippen molar-refractivity contribution < 1.29 is 4.79 Å². The first-order valence-electron chi connectivity index (χ1n) is 6.54. The molecule has 0 radical (unpaired) electrons. The summed E-state index contributed by atoms with van der Waals surface area (Å²) in [5.41, 5.74) is 10.4. The Morgan fingerprint density at radius 1 is 1.20 bits per heavy atom. The quantitative estimate of drug-likeness (QED) is 0.911. The fraction of sp³-hybridized carbons (Fsp3) is 0.188. The molecular formula is C16H15ClN2O. The van der Waals surface area contributed by atoms with Gasteiger partial charge in [-0.3, -0.25) is 4.79 Å². The number of anilines is 1. The summed E-state index contributed by atoms with van der Waals surface area (Å²) in [6.07, 6.45) is 1.19. The van der Waals surface area contributed by atoms with Crippen LogP contribution in [0, 0.1) is 0 Å². The number of halogens is 1. The van der Waals surface area contributed by atoms with E-state index in [9.17, 15) is 4.79 Å². The van der Waals surface area contributed by atoms with Gasteiger partial charge in [-0.2, -0.15) is 0 Å². The van der Waals surface area contributed by atoms with Crippen molar-refractivity contribution in [2.45, 2.75) is 18.9 Å². The molecule has 20 heavy (non-hydrogen) atoms. The number of carbonyl (C=O) groups is 1. The van der Waals surface area contributed by atoms with Gasteiger partial charge in [0.25, 0.3) is 0 Å². The molecule has 1 aliphatic rings. The van der Waals surface area contributed by atoms with Crippen molar-refractivity contribution in [1.82, 2.24) is 0 Å². The van der Waals surface area contributed by atoms with Crippen LogP contribution in [0.2, 0.25) is 5.02 Å². The number of benzene rings is 2. The number of hydrogen-bond acceptors (Lipinski definition) is 2. The minimum Gasteiger partial charge on any atom is -0.326 e. The van der Waals surface area contributed by atoms with Crippen molar-refractivity contribution in [1.29, 1.82) is 0 Å². The maximum absolute atomic E-state index is 11.3. The third-order valence-electron chi connectivity index (χ3n) is 3.55. The summed E-state index contributed by atoms with van der Waals surface area (Å²) in [5, 5.41) is 3.55. The Bertz CT molecular complexity index is 652. The lowest BCUT2D eigenvalue weighted by Gasteiger charge is -2.13. The van der Waals surface area contributed by atoms with Gasteiger partial charge < -0.3 is 11.1 Å². The molecule has 2 aromatic rings. The van der Waals surface area contributed by atoms with Crippen LogP contribution in [0.4, 0.5) is 5.69 Å². The summed E-state index contributed by atoms with van der Waals surface area (Å²) in [7, 11) is 0. The number of fused-ring (bicyclic) bond motifs is 1. The second-order valence-corrected chi connectivity index (χ2v) is 5.52. The van der Waals surface area contributed by atoms with Crippen molar-refractivity contribution in [2.24, 2.45) is 5.73 Å². The molecule has 0 saturated carbocycles. The van der Waals surface area contributed by atoms with Crippen molar-refractivity contribution in [3.05, 3.63) is 64.2 Å². The first-order valence-corrected chi connectivity index (χ1v) is 6.92. The minimum absolute atomic E-state index is 0.0448. The SMILES string of the molecule is NC(Cc1ccc(Cl)cc1)c1ccc2c(c1)CC(=O)N2. The van der Waals surface area contributed by atoms with Crippen LogP contribution in [-0.4, -0.2) is 5.91 Å². The van der Waals surface area contributed by atoms with E-state index in [0.29, 0.717) is 6.42 Å². The smallest absolute Gasteiger partial charge is 0.228 e. The van der Waals surface area contributed by atoms with Gasteiger partial charge in [-0.15, -0.1) is 0 Å². The van der Waals surface area contributed by atoms with E-state index in [-0.39, 0.29) is 11.9 Å². The fourth-order valence-electron chi connectivity index (χ4n) is 2.47. The van der Waals surface area contributed by atoms with Crippen molar-refractivity contribution >= 4 is 23.2 Å². The number of rotatable bonds is 3. The zero-order chi connectivity index (χ0) is 14.1. The summed E-state index contributed by atoms with van der Waals surface area (Å²) in [6.45, 7) is 0. The lowest BCUT2D eigenvalue weighted by molar-refractivity contribution is -0.115. The van der Waals surface area contributed by atoms with Gasteiger partial charge in [-0.1, -0.05) is 35.9 Å². The Morgan fingerprint density at radius 3 is 2.70 bits per heavy atom. The molecule has 102 valence electrons. The minimum atomic E-state index is -0.0859. The van der Waals surface area contributed by atoms with Crippen LogP contribution in [0.15, 0.2) is 42.5 Å². The number of carbonyl (C=O) groups excluding carboxylic acids is 1. The Labute approximate surface area is 122 Å². The van der Waals surface area contributed by atoms with Crippen LogP contribution in [0.3, 0.4) is 0 Å². The molecular weight excluding hydrogens is 272 g/mol. The molecule has 3 nitrogen and oxygen atoms in total. The standard InChI is InChI=1S/C16H15ClN2O/c17-13-4-1-10(2-5-13)7-14(18)11-3-6-15-12(8-11)9-16(20)19-15/h1-6,8,14H,7,9,18H2,(H,19,20). The lowest BCUT2D eigenvalue weighted by atomic mass is 9.97. The highest BCUT2D eigenvalue weighted by Crippen LogP contribution is 2.27. The predicted molar refractivity (Wildman–Crippen MR) is 80.9 cm³/mol. The highest BCUT2D eigenvalue weighted by atomic mass is 35.5. The van der Waals surface area contributed by atoms with E-state index in [0.717, 1.165) is 33.8 Å². The van der Waals surface area contributed by atoms with Crippen molar-refractivity contribution in [3.63, 3.8) is 0 Å². The summed E-state index contributed by atoms with van der Waals surface area (Å²) in [6, 6.07) is 13.6. The number of hydrogen-bond donors (Lipinski definition) is 2. The van der Waals surface area contributed by atoms with Gasteiger partial charge in [0.15, 0.2) is 0 Å². The van der Waals surface area contributed by atoms with Gasteiger partial charge in [0.1, 0.15) is 0 Å². The maximum Gasteiger partial charge on any atom is 0.228 e. The van der Waals surface area contributed by atoms with Crippen LogP contribution in [0.1, 0.15) is 22.7 Å². The largest absolute Gasteiger partial charge is 0.326 e. The third-order valence-corrected chi connectivity index (χ3v) is 3.80. The first kappa shape index (κ1) is 13.2. The summed E-state index contributed by atoms with van der Waals surface area (Å²) in [4.78, 5) is 11.3. The second kappa shape index (κ2) is 5.27. The monoisotopic (exact) mass is 286 g/mol. The van der Waals surface area contributed by atoms with Gasteiger partial charge >= 0.3 is 0 Å². The molecule has 3 N–H and O–H groups in total. The molecule has 1 heterocycles. The van der Waals surface area contributed by atoms with E-state index in [4.69, 9.17) is 17.3 Å². The van der Waals surface area contributed by atoms with E-state index in [1.54, 1.807) is 0 Å². The Hall–Kier alpha value is -1.84. The molecule has 0 aromatic heterocycles. The van der Waals surface area contributed by atoms with E-state index >= 15 is 0 Å².